The van der Waals surface area contributed by atoms with Gasteiger partial charge >= 0.3 is 6.03 Å². The van der Waals surface area contributed by atoms with Crippen LogP contribution in [0, 0.1) is 6.92 Å². The molecule has 0 saturated carbocycles. The van der Waals surface area contributed by atoms with E-state index in [9.17, 15) is 19.8 Å². The molecule has 0 aliphatic carbocycles. The molecule has 1 aromatic carbocycles. The number of hydrogen-bond donors (Lipinski definition) is 4. The van der Waals surface area contributed by atoms with Crippen molar-refractivity contribution in [2.45, 2.75) is 31.8 Å². The van der Waals surface area contributed by atoms with Gasteiger partial charge in [0, 0.05) is 18.7 Å². The van der Waals surface area contributed by atoms with Crippen LogP contribution in [0.2, 0.25) is 0 Å². The van der Waals surface area contributed by atoms with E-state index >= 15 is 0 Å². The van der Waals surface area contributed by atoms with E-state index in [1.807, 2.05) is 31.2 Å². The van der Waals surface area contributed by atoms with Gasteiger partial charge in [-0.15, -0.1) is 0 Å². The van der Waals surface area contributed by atoms with Crippen molar-refractivity contribution < 1.29 is 19.8 Å². The Balaban J connectivity index is 1.95. The fraction of sp³-hybridized carbons (Fsp3) is 0.500. The van der Waals surface area contributed by atoms with Gasteiger partial charge in [0.25, 0.3) is 0 Å². The molecule has 1 aliphatic heterocycles. The van der Waals surface area contributed by atoms with E-state index in [4.69, 9.17) is 0 Å². The first kappa shape index (κ1) is 17.2. The minimum atomic E-state index is -1.09. The highest BCUT2D eigenvalue weighted by molar-refractivity contribution is 5.96. The summed E-state index contributed by atoms with van der Waals surface area (Å²) in [6.45, 7) is 3.14. The lowest BCUT2D eigenvalue weighted by molar-refractivity contribution is -0.117. The number of anilines is 1. The number of benzene rings is 1. The molecule has 3 amide bonds. The molecule has 1 atom stereocenters. The lowest BCUT2D eigenvalue weighted by Gasteiger charge is -2.27. The zero-order valence-corrected chi connectivity index (χ0v) is 13.4. The number of nitrogens with one attached hydrogen (secondary N) is 2. The molecule has 0 radical (unpaired) electrons. The van der Waals surface area contributed by atoms with Crippen molar-refractivity contribution in [1.82, 2.24) is 10.6 Å². The summed E-state index contributed by atoms with van der Waals surface area (Å²) in [7, 11) is 0. The maximum Gasteiger partial charge on any atom is 0.315 e. The van der Waals surface area contributed by atoms with Crippen LogP contribution in [0.15, 0.2) is 24.3 Å². The van der Waals surface area contributed by atoms with Crippen molar-refractivity contribution in [3.63, 3.8) is 0 Å². The average Bonchev–Trinajstić information content (AvgIpc) is 2.88. The molecule has 7 heteroatoms. The van der Waals surface area contributed by atoms with E-state index < -0.39 is 11.6 Å². The van der Waals surface area contributed by atoms with Crippen molar-refractivity contribution in [3.8, 4) is 0 Å². The zero-order chi connectivity index (χ0) is 17.0. The molecule has 0 aromatic heterocycles. The fourth-order valence-electron chi connectivity index (χ4n) is 2.40. The molecule has 4 N–H and O–H groups in total. The minimum Gasteiger partial charge on any atom is -0.394 e. The third-order valence-electron chi connectivity index (χ3n) is 3.92. The van der Waals surface area contributed by atoms with Crippen molar-refractivity contribution in [2.24, 2.45) is 0 Å². The van der Waals surface area contributed by atoms with Gasteiger partial charge in [-0.05, 0) is 26.0 Å². The van der Waals surface area contributed by atoms with Crippen molar-refractivity contribution >= 4 is 17.6 Å². The number of rotatable bonds is 5. The van der Waals surface area contributed by atoms with Crippen LogP contribution in [0.1, 0.15) is 18.9 Å². The summed E-state index contributed by atoms with van der Waals surface area (Å²) in [6.07, 6.45) is 0.219. The van der Waals surface area contributed by atoms with Gasteiger partial charge in [0.1, 0.15) is 0 Å². The lowest BCUT2D eigenvalue weighted by atomic mass is 10.1. The average molecular weight is 321 g/mol. The summed E-state index contributed by atoms with van der Waals surface area (Å²) in [5.41, 5.74) is 0.825. The quantitative estimate of drug-likeness (QED) is 0.620. The summed E-state index contributed by atoms with van der Waals surface area (Å²) >= 11 is 0. The Hall–Kier alpha value is -2.12. The molecule has 1 fully saturated rings. The van der Waals surface area contributed by atoms with Gasteiger partial charge in [-0.2, -0.15) is 0 Å². The SMILES string of the molecule is Cc1ccc(N2C[C@@H](NC(=O)NC(C)(CO)CO)CC2=O)cc1. The smallest absolute Gasteiger partial charge is 0.315 e. The minimum absolute atomic E-state index is 0.0498. The standard InChI is InChI=1S/C16H23N3O4/c1-11-3-5-13(6-4-11)19-8-12(7-14(19)22)17-15(23)18-16(2,9-20)10-21/h3-6,12,20-21H,7-10H2,1-2H3,(H2,17,18,23)/t12-/m0/s1. The van der Waals surface area contributed by atoms with E-state index in [1.165, 1.54) is 6.92 Å². The predicted molar refractivity (Wildman–Crippen MR) is 86.2 cm³/mol. The molecule has 1 saturated heterocycles. The molecule has 1 aliphatic rings. The monoisotopic (exact) mass is 321 g/mol. The Kier molecular flexibility index (Phi) is 5.23. The number of urea groups is 1. The summed E-state index contributed by atoms with van der Waals surface area (Å²) in [6, 6.07) is 6.80. The number of nitrogens with zero attached hydrogens (tertiary/aromatic N) is 1. The molecule has 0 spiro atoms. The van der Waals surface area contributed by atoms with Crippen LogP contribution in [-0.4, -0.2) is 53.5 Å². The second kappa shape index (κ2) is 6.97. The maximum atomic E-state index is 12.1. The number of aliphatic hydroxyl groups excluding tert-OH is 2. The van der Waals surface area contributed by atoms with Gasteiger partial charge in [-0.1, -0.05) is 17.7 Å². The number of aliphatic hydroxyl groups is 2. The fourth-order valence-corrected chi connectivity index (χ4v) is 2.40. The van der Waals surface area contributed by atoms with Gasteiger partial charge < -0.3 is 25.7 Å². The summed E-state index contributed by atoms with van der Waals surface area (Å²) in [4.78, 5) is 25.7. The Bertz CT molecular complexity index is 569. The Morgan fingerprint density at radius 1 is 1.30 bits per heavy atom. The van der Waals surface area contributed by atoms with E-state index in [0.29, 0.717) is 6.54 Å². The predicted octanol–water partition coefficient (Wildman–Crippen LogP) is 0.143. The number of aryl methyl sites for hydroxylation is 1. The van der Waals surface area contributed by atoms with Crippen LogP contribution in [0.3, 0.4) is 0 Å². The Morgan fingerprint density at radius 2 is 1.91 bits per heavy atom. The molecule has 1 aromatic rings. The highest BCUT2D eigenvalue weighted by Gasteiger charge is 2.33. The summed E-state index contributed by atoms with van der Waals surface area (Å²) in [5, 5.41) is 23.6. The molecule has 1 heterocycles. The van der Waals surface area contributed by atoms with Gasteiger partial charge in [0.15, 0.2) is 0 Å². The van der Waals surface area contributed by atoms with E-state index in [-0.39, 0.29) is 31.6 Å². The first-order valence-electron chi connectivity index (χ1n) is 7.54. The van der Waals surface area contributed by atoms with E-state index in [0.717, 1.165) is 11.3 Å². The number of amides is 3. The number of carbonyl (C=O) groups excluding carboxylic acids is 2. The topological polar surface area (TPSA) is 102 Å². The van der Waals surface area contributed by atoms with Crippen molar-refractivity contribution in [2.75, 3.05) is 24.7 Å². The molecule has 7 nitrogen and oxygen atoms in total. The largest absolute Gasteiger partial charge is 0.394 e. The molecular weight excluding hydrogens is 298 g/mol. The first-order valence-corrected chi connectivity index (χ1v) is 7.54. The number of carbonyl (C=O) groups is 2. The Morgan fingerprint density at radius 3 is 2.48 bits per heavy atom. The first-order chi connectivity index (χ1) is 10.9. The van der Waals surface area contributed by atoms with Crippen LogP contribution < -0.4 is 15.5 Å². The maximum absolute atomic E-state index is 12.1. The van der Waals surface area contributed by atoms with Crippen LogP contribution in [-0.2, 0) is 4.79 Å². The highest BCUT2D eigenvalue weighted by Crippen LogP contribution is 2.22. The van der Waals surface area contributed by atoms with Crippen LogP contribution >= 0.6 is 0 Å². The van der Waals surface area contributed by atoms with Gasteiger partial charge in [0.2, 0.25) is 5.91 Å². The van der Waals surface area contributed by atoms with Crippen molar-refractivity contribution in [1.29, 1.82) is 0 Å². The highest BCUT2D eigenvalue weighted by atomic mass is 16.3. The second-order valence-electron chi connectivity index (χ2n) is 6.22. The lowest BCUT2D eigenvalue weighted by Crippen LogP contribution is -2.56. The molecule has 2 rings (SSSR count). The molecule has 23 heavy (non-hydrogen) atoms. The normalized spacial score (nSPS) is 18.2. The molecule has 0 unspecified atom stereocenters. The van der Waals surface area contributed by atoms with Crippen LogP contribution in [0.4, 0.5) is 10.5 Å². The van der Waals surface area contributed by atoms with Gasteiger partial charge in [-0.3, -0.25) is 4.79 Å². The third kappa shape index (κ3) is 4.20. The van der Waals surface area contributed by atoms with Crippen LogP contribution in [0.25, 0.3) is 0 Å². The summed E-state index contributed by atoms with van der Waals surface area (Å²) < 4.78 is 0. The van der Waals surface area contributed by atoms with Crippen LogP contribution in [0.5, 0.6) is 0 Å². The summed E-state index contributed by atoms with van der Waals surface area (Å²) in [5.74, 6) is -0.0498. The van der Waals surface area contributed by atoms with Gasteiger partial charge in [-0.25, -0.2) is 4.79 Å². The Labute approximate surface area is 135 Å². The van der Waals surface area contributed by atoms with Gasteiger partial charge in [0.05, 0.1) is 24.8 Å². The third-order valence-corrected chi connectivity index (χ3v) is 3.92. The molecule has 126 valence electrons. The number of hydrogen-bond acceptors (Lipinski definition) is 4. The molecular formula is C16H23N3O4. The van der Waals surface area contributed by atoms with Crippen molar-refractivity contribution in [3.05, 3.63) is 29.8 Å². The zero-order valence-electron chi connectivity index (χ0n) is 13.4. The van der Waals surface area contributed by atoms with E-state index in [1.54, 1.807) is 4.90 Å². The second-order valence-corrected chi connectivity index (χ2v) is 6.22. The van der Waals surface area contributed by atoms with E-state index in [2.05, 4.69) is 10.6 Å². The molecule has 0 bridgehead atoms.